The third-order valence-electron chi connectivity index (χ3n) is 3.74. The maximum Gasteiger partial charge on any atom is 0.224 e. The van der Waals surface area contributed by atoms with E-state index < -0.39 is 0 Å². The average molecular weight is 290 g/mol. The molecule has 22 heavy (non-hydrogen) atoms. The van der Waals surface area contributed by atoms with E-state index in [1.165, 1.54) is 0 Å². The van der Waals surface area contributed by atoms with Crippen molar-refractivity contribution in [2.75, 3.05) is 0 Å². The molecule has 0 spiro atoms. The number of benzene rings is 2. The van der Waals surface area contributed by atoms with Gasteiger partial charge in [-0.15, -0.1) is 0 Å². The van der Waals surface area contributed by atoms with Crippen LogP contribution in [0.5, 0.6) is 0 Å². The lowest BCUT2D eigenvalue weighted by atomic mass is 10.1. The minimum absolute atomic E-state index is 0.00312. The molecule has 110 valence electrons. The molecule has 3 rings (SSSR count). The first-order chi connectivity index (χ1) is 10.7. The zero-order valence-electron chi connectivity index (χ0n) is 12.5. The Hall–Kier alpha value is -2.68. The normalized spacial score (nSPS) is 12.0. The van der Waals surface area contributed by atoms with Crippen LogP contribution in [-0.4, -0.2) is 10.9 Å². The molecule has 0 unspecified atom stereocenters. The molecule has 2 aromatic carbocycles. The van der Waals surface area contributed by atoms with E-state index in [4.69, 9.17) is 0 Å². The highest BCUT2D eigenvalue weighted by atomic mass is 16.1. The van der Waals surface area contributed by atoms with Gasteiger partial charge in [0.15, 0.2) is 0 Å². The lowest BCUT2D eigenvalue weighted by Gasteiger charge is -2.14. The number of aromatic nitrogens is 1. The molecular formula is C19H18N2O. The summed E-state index contributed by atoms with van der Waals surface area (Å²) in [5, 5.41) is 4.10. The largest absolute Gasteiger partial charge is 0.349 e. The molecule has 1 N–H and O–H groups in total. The fourth-order valence-electron chi connectivity index (χ4n) is 2.60. The van der Waals surface area contributed by atoms with E-state index in [2.05, 4.69) is 10.3 Å². The number of fused-ring (bicyclic) bond motifs is 1. The van der Waals surface area contributed by atoms with Gasteiger partial charge in [-0.25, -0.2) is 0 Å². The molecule has 0 aliphatic rings. The Morgan fingerprint density at radius 2 is 1.82 bits per heavy atom. The van der Waals surface area contributed by atoms with E-state index in [1.807, 2.05) is 67.6 Å². The third kappa shape index (κ3) is 3.14. The molecule has 3 heteroatoms. The Morgan fingerprint density at radius 3 is 2.64 bits per heavy atom. The van der Waals surface area contributed by atoms with Crippen molar-refractivity contribution < 1.29 is 4.79 Å². The average Bonchev–Trinajstić information content (AvgIpc) is 2.56. The van der Waals surface area contributed by atoms with Gasteiger partial charge in [0.1, 0.15) is 0 Å². The van der Waals surface area contributed by atoms with Crippen LogP contribution < -0.4 is 5.32 Å². The fourth-order valence-corrected chi connectivity index (χ4v) is 2.60. The lowest BCUT2D eigenvalue weighted by Crippen LogP contribution is -2.28. The first-order valence-electron chi connectivity index (χ1n) is 7.41. The van der Waals surface area contributed by atoms with E-state index in [-0.39, 0.29) is 11.9 Å². The van der Waals surface area contributed by atoms with Crippen LogP contribution in [0.1, 0.15) is 24.1 Å². The molecule has 0 bridgehead atoms. The summed E-state index contributed by atoms with van der Waals surface area (Å²) in [6.45, 7) is 1.99. The molecule has 0 aliphatic heterocycles. The monoisotopic (exact) mass is 290 g/mol. The van der Waals surface area contributed by atoms with Crippen molar-refractivity contribution in [3.05, 3.63) is 78.0 Å². The summed E-state index contributed by atoms with van der Waals surface area (Å²) in [6.07, 6.45) is 2.10. The molecule has 1 amide bonds. The molecule has 3 nitrogen and oxygen atoms in total. The predicted octanol–water partition coefficient (Wildman–Crippen LogP) is 3.65. The van der Waals surface area contributed by atoms with Gasteiger partial charge in [-0.2, -0.15) is 0 Å². The summed E-state index contributed by atoms with van der Waals surface area (Å²) in [5.74, 6) is 0.00880. The number of hydrogen-bond acceptors (Lipinski definition) is 2. The number of para-hydroxylation sites is 1. The minimum Gasteiger partial charge on any atom is -0.349 e. The van der Waals surface area contributed by atoms with Crippen molar-refractivity contribution in [2.45, 2.75) is 19.4 Å². The zero-order valence-corrected chi connectivity index (χ0v) is 12.5. The van der Waals surface area contributed by atoms with E-state index in [9.17, 15) is 4.79 Å². The number of pyridine rings is 1. The molecule has 0 fully saturated rings. The Bertz CT molecular complexity index is 778. The van der Waals surface area contributed by atoms with Crippen LogP contribution in [0, 0.1) is 0 Å². The maximum absolute atomic E-state index is 12.3. The Labute approximate surface area is 130 Å². The number of carbonyl (C=O) groups is 1. The number of rotatable bonds is 4. The van der Waals surface area contributed by atoms with E-state index >= 15 is 0 Å². The van der Waals surface area contributed by atoms with Crippen LogP contribution in [-0.2, 0) is 11.2 Å². The molecule has 1 atom stereocenters. The second kappa shape index (κ2) is 6.39. The highest BCUT2D eigenvalue weighted by Crippen LogP contribution is 2.17. The second-order valence-corrected chi connectivity index (χ2v) is 5.37. The Balaban J connectivity index is 1.74. The molecular weight excluding hydrogens is 272 g/mol. The van der Waals surface area contributed by atoms with Gasteiger partial charge in [-0.3, -0.25) is 9.78 Å². The molecule has 1 aromatic heterocycles. The van der Waals surface area contributed by atoms with Crippen LogP contribution in [0.25, 0.3) is 10.9 Å². The van der Waals surface area contributed by atoms with Crippen LogP contribution in [0.15, 0.2) is 66.9 Å². The summed E-state index contributed by atoms with van der Waals surface area (Å²) in [6, 6.07) is 19.8. The fraction of sp³-hybridized carbons (Fsp3) is 0.158. The van der Waals surface area contributed by atoms with Gasteiger partial charge in [0.25, 0.3) is 0 Å². The van der Waals surface area contributed by atoms with E-state index in [1.54, 1.807) is 6.20 Å². The van der Waals surface area contributed by atoms with Crippen molar-refractivity contribution in [1.29, 1.82) is 0 Å². The first-order valence-corrected chi connectivity index (χ1v) is 7.41. The highest BCUT2D eigenvalue weighted by Gasteiger charge is 2.11. The first kappa shape index (κ1) is 14.3. The van der Waals surface area contributed by atoms with Gasteiger partial charge in [0, 0.05) is 11.6 Å². The van der Waals surface area contributed by atoms with Gasteiger partial charge in [-0.05, 0) is 24.1 Å². The zero-order chi connectivity index (χ0) is 15.4. The van der Waals surface area contributed by atoms with Gasteiger partial charge in [-0.1, -0.05) is 54.6 Å². The minimum atomic E-state index is -0.00312. The van der Waals surface area contributed by atoms with Crippen LogP contribution >= 0.6 is 0 Å². The third-order valence-corrected chi connectivity index (χ3v) is 3.74. The number of carbonyl (C=O) groups excluding carboxylic acids is 1. The molecule has 1 heterocycles. The van der Waals surface area contributed by atoms with Gasteiger partial charge in [0.2, 0.25) is 5.91 Å². The van der Waals surface area contributed by atoms with Gasteiger partial charge >= 0.3 is 0 Å². The number of hydrogen-bond donors (Lipinski definition) is 1. The number of amides is 1. The molecule has 3 aromatic rings. The maximum atomic E-state index is 12.3. The second-order valence-electron chi connectivity index (χ2n) is 5.37. The number of nitrogens with one attached hydrogen (secondary N) is 1. The Kier molecular flexibility index (Phi) is 4.15. The van der Waals surface area contributed by atoms with Crippen molar-refractivity contribution in [2.24, 2.45) is 0 Å². The summed E-state index contributed by atoms with van der Waals surface area (Å²) in [7, 11) is 0. The summed E-state index contributed by atoms with van der Waals surface area (Å²) in [4.78, 5) is 16.7. The van der Waals surface area contributed by atoms with E-state index in [0.717, 1.165) is 22.0 Å². The highest BCUT2D eigenvalue weighted by molar-refractivity contribution is 5.87. The quantitative estimate of drug-likeness (QED) is 0.797. The van der Waals surface area contributed by atoms with Crippen molar-refractivity contribution in [3.8, 4) is 0 Å². The van der Waals surface area contributed by atoms with Crippen LogP contribution in [0.2, 0.25) is 0 Å². The predicted molar refractivity (Wildman–Crippen MR) is 88.4 cm³/mol. The SMILES string of the molecule is C[C@@H](NC(=O)Cc1cccc2cccnc12)c1ccccc1. The van der Waals surface area contributed by atoms with Crippen molar-refractivity contribution >= 4 is 16.8 Å². The summed E-state index contributed by atoms with van der Waals surface area (Å²) >= 11 is 0. The summed E-state index contributed by atoms with van der Waals surface area (Å²) in [5.41, 5.74) is 2.95. The van der Waals surface area contributed by atoms with Crippen molar-refractivity contribution in [3.63, 3.8) is 0 Å². The van der Waals surface area contributed by atoms with Crippen LogP contribution in [0.3, 0.4) is 0 Å². The Morgan fingerprint density at radius 1 is 1.05 bits per heavy atom. The van der Waals surface area contributed by atoms with Crippen LogP contribution in [0.4, 0.5) is 0 Å². The lowest BCUT2D eigenvalue weighted by molar-refractivity contribution is -0.121. The summed E-state index contributed by atoms with van der Waals surface area (Å²) < 4.78 is 0. The molecule has 0 radical (unpaired) electrons. The molecule has 0 saturated heterocycles. The molecule has 0 saturated carbocycles. The van der Waals surface area contributed by atoms with Gasteiger partial charge < -0.3 is 5.32 Å². The number of nitrogens with zero attached hydrogens (tertiary/aromatic N) is 1. The van der Waals surface area contributed by atoms with Crippen molar-refractivity contribution in [1.82, 2.24) is 10.3 Å². The standard InChI is InChI=1S/C19H18N2O/c1-14(15-7-3-2-4-8-15)21-18(22)13-17-10-5-9-16-11-6-12-20-19(16)17/h2-12,14H,13H2,1H3,(H,21,22)/t14-/m1/s1. The smallest absolute Gasteiger partial charge is 0.224 e. The molecule has 0 aliphatic carbocycles. The topological polar surface area (TPSA) is 42.0 Å². The van der Waals surface area contributed by atoms with Gasteiger partial charge in [0.05, 0.1) is 18.0 Å². The van der Waals surface area contributed by atoms with E-state index in [0.29, 0.717) is 6.42 Å².